The van der Waals surface area contributed by atoms with Crippen LogP contribution in [0.1, 0.15) is 44.4 Å². The summed E-state index contributed by atoms with van der Waals surface area (Å²) in [7, 11) is 0. The average molecular weight is 403 g/mol. The standard InChI is InChI=1S/C22H17N3O3S/c1-11-4-6-14(7-5-11)18-17-19(26)15-8-12(2)13(3)9-16(15)28-20(17)21(27)25(18)22-24-23-10-29-22/h4-10,18H,1-3H3. The van der Waals surface area contributed by atoms with Gasteiger partial charge in [0.1, 0.15) is 11.1 Å². The number of anilines is 1. The van der Waals surface area contributed by atoms with Crippen LogP contribution < -0.4 is 10.3 Å². The molecule has 6 nitrogen and oxygen atoms in total. The van der Waals surface area contributed by atoms with Gasteiger partial charge in [-0.3, -0.25) is 14.5 Å². The van der Waals surface area contributed by atoms with Crippen molar-refractivity contribution in [1.29, 1.82) is 0 Å². The number of aromatic nitrogens is 2. The van der Waals surface area contributed by atoms with Crippen molar-refractivity contribution in [2.75, 3.05) is 4.90 Å². The molecule has 0 spiro atoms. The summed E-state index contributed by atoms with van der Waals surface area (Å²) in [6, 6.07) is 10.8. The van der Waals surface area contributed by atoms with Crippen LogP contribution in [-0.2, 0) is 0 Å². The van der Waals surface area contributed by atoms with E-state index in [9.17, 15) is 9.59 Å². The van der Waals surface area contributed by atoms with Gasteiger partial charge in [-0.1, -0.05) is 41.2 Å². The van der Waals surface area contributed by atoms with Crippen molar-refractivity contribution < 1.29 is 9.21 Å². The minimum absolute atomic E-state index is 0.0755. The minimum Gasteiger partial charge on any atom is -0.450 e. The largest absolute Gasteiger partial charge is 0.450 e. The van der Waals surface area contributed by atoms with E-state index in [2.05, 4.69) is 10.2 Å². The molecule has 7 heteroatoms. The molecule has 2 aromatic heterocycles. The Morgan fingerprint density at radius 1 is 1.03 bits per heavy atom. The number of benzene rings is 2. The average Bonchev–Trinajstić information content (AvgIpc) is 3.31. The van der Waals surface area contributed by atoms with Gasteiger partial charge in [0.25, 0.3) is 5.91 Å². The van der Waals surface area contributed by atoms with Gasteiger partial charge in [-0.25, -0.2) is 0 Å². The first kappa shape index (κ1) is 17.8. The van der Waals surface area contributed by atoms with Gasteiger partial charge >= 0.3 is 0 Å². The van der Waals surface area contributed by atoms with E-state index in [1.54, 1.807) is 5.51 Å². The van der Waals surface area contributed by atoms with Gasteiger partial charge in [0, 0.05) is 0 Å². The second-order valence-electron chi connectivity index (χ2n) is 7.32. The van der Waals surface area contributed by atoms with E-state index >= 15 is 0 Å². The molecule has 1 aliphatic heterocycles. The predicted molar refractivity (Wildman–Crippen MR) is 112 cm³/mol. The monoisotopic (exact) mass is 403 g/mol. The molecule has 0 bridgehead atoms. The highest BCUT2D eigenvalue weighted by Gasteiger charge is 2.44. The van der Waals surface area contributed by atoms with Crippen molar-refractivity contribution in [2.24, 2.45) is 0 Å². The van der Waals surface area contributed by atoms with Gasteiger partial charge in [-0.2, -0.15) is 0 Å². The Hall–Kier alpha value is -3.32. The molecule has 0 N–H and O–H groups in total. The van der Waals surface area contributed by atoms with Crippen molar-refractivity contribution in [3.8, 4) is 0 Å². The lowest BCUT2D eigenvalue weighted by molar-refractivity contribution is 0.0970. The van der Waals surface area contributed by atoms with E-state index in [0.29, 0.717) is 21.7 Å². The zero-order valence-corrected chi connectivity index (χ0v) is 16.9. The molecule has 2 aromatic carbocycles. The molecular weight excluding hydrogens is 386 g/mol. The third-order valence-electron chi connectivity index (χ3n) is 5.43. The van der Waals surface area contributed by atoms with Crippen LogP contribution in [0.3, 0.4) is 0 Å². The van der Waals surface area contributed by atoms with E-state index in [0.717, 1.165) is 22.3 Å². The number of fused-ring (bicyclic) bond motifs is 2. The van der Waals surface area contributed by atoms with Crippen LogP contribution in [0.5, 0.6) is 0 Å². The minimum atomic E-state index is -0.603. The Kier molecular flexibility index (Phi) is 3.89. The van der Waals surface area contributed by atoms with Crippen molar-refractivity contribution in [3.05, 3.63) is 85.7 Å². The summed E-state index contributed by atoms with van der Waals surface area (Å²) in [5.74, 6) is -0.300. The molecule has 3 heterocycles. The number of rotatable bonds is 2. The maximum absolute atomic E-state index is 13.5. The lowest BCUT2D eigenvalue weighted by Crippen LogP contribution is -2.29. The Morgan fingerprint density at radius 3 is 2.45 bits per heavy atom. The molecule has 1 aliphatic rings. The number of carbonyl (C=O) groups excluding carboxylic acids is 1. The normalized spacial score (nSPS) is 15.9. The molecule has 1 atom stereocenters. The predicted octanol–water partition coefficient (Wildman–Crippen LogP) is 4.32. The summed E-state index contributed by atoms with van der Waals surface area (Å²) < 4.78 is 6.00. The first-order valence-corrected chi connectivity index (χ1v) is 10.1. The molecule has 5 rings (SSSR count). The van der Waals surface area contributed by atoms with Crippen LogP contribution in [-0.4, -0.2) is 16.1 Å². The summed E-state index contributed by atoms with van der Waals surface area (Å²) in [6.45, 7) is 5.90. The van der Waals surface area contributed by atoms with E-state index in [1.165, 1.54) is 16.2 Å². The number of hydrogen-bond donors (Lipinski definition) is 0. The third-order valence-corrected chi connectivity index (χ3v) is 6.12. The molecule has 1 unspecified atom stereocenters. The van der Waals surface area contributed by atoms with Crippen LogP contribution in [0, 0.1) is 20.8 Å². The number of hydrogen-bond acceptors (Lipinski definition) is 6. The fourth-order valence-corrected chi connectivity index (χ4v) is 4.35. The Bertz CT molecular complexity index is 1320. The first-order chi connectivity index (χ1) is 14.0. The number of nitrogens with zero attached hydrogens (tertiary/aromatic N) is 3. The zero-order chi connectivity index (χ0) is 20.3. The van der Waals surface area contributed by atoms with Gasteiger partial charge in [0.15, 0.2) is 5.43 Å². The van der Waals surface area contributed by atoms with E-state index in [1.807, 2.05) is 57.2 Å². The summed E-state index contributed by atoms with van der Waals surface area (Å²) >= 11 is 1.25. The van der Waals surface area contributed by atoms with Gasteiger partial charge in [-0.05, 0) is 49.6 Å². The molecule has 0 fully saturated rings. The van der Waals surface area contributed by atoms with Crippen LogP contribution in [0.15, 0.2) is 51.1 Å². The van der Waals surface area contributed by atoms with Crippen molar-refractivity contribution in [1.82, 2.24) is 10.2 Å². The van der Waals surface area contributed by atoms with Crippen LogP contribution in [0.4, 0.5) is 5.13 Å². The maximum Gasteiger partial charge on any atom is 0.297 e. The number of amides is 1. The van der Waals surface area contributed by atoms with Gasteiger partial charge in [0.2, 0.25) is 10.9 Å². The van der Waals surface area contributed by atoms with Gasteiger partial charge < -0.3 is 4.42 Å². The van der Waals surface area contributed by atoms with E-state index in [-0.39, 0.29) is 17.1 Å². The van der Waals surface area contributed by atoms with Crippen LogP contribution in [0.25, 0.3) is 11.0 Å². The summed E-state index contributed by atoms with van der Waals surface area (Å²) in [5, 5.41) is 8.87. The third kappa shape index (κ3) is 2.61. The SMILES string of the molecule is Cc1ccc(C2c3c(oc4cc(C)c(C)cc4c3=O)C(=O)N2c2nncs2)cc1. The lowest BCUT2D eigenvalue weighted by atomic mass is 9.97. The highest BCUT2D eigenvalue weighted by molar-refractivity contribution is 7.13. The highest BCUT2D eigenvalue weighted by Crippen LogP contribution is 2.41. The van der Waals surface area contributed by atoms with Crippen molar-refractivity contribution >= 4 is 33.3 Å². The first-order valence-electron chi connectivity index (χ1n) is 9.20. The van der Waals surface area contributed by atoms with Gasteiger partial charge in [-0.15, -0.1) is 10.2 Å². The summed E-state index contributed by atoms with van der Waals surface area (Å²) in [6.07, 6.45) is 0. The molecule has 4 aromatic rings. The van der Waals surface area contributed by atoms with E-state index in [4.69, 9.17) is 4.42 Å². The second-order valence-corrected chi connectivity index (χ2v) is 8.13. The quantitative estimate of drug-likeness (QED) is 0.498. The van der Waals surface area contributed by atoms with Crippen LogP contribution in [0.2, 0.25) is 0 Å². The highest BCUT2D eigenvalue weighted by atomic mass is 32.1. The fraction of sp³-hybridized carbons (Fsp3) is 0.182. The molecule has 144 valence electrons. The number of aryl methyl sites for hydroxylation is 3. The Morgan fingerprint density at radius 2 is 1.76 bits per heavy atom. The molecule has 0 radical (unpaired) electrons. The van der Waals surface area contributed by atoms with Crippen molar-refractivity contribution in [2.45, 2.75) is 26.8 Å². The molecule has 29 heavy (non-hydrogen) atoms. The van der Waals surface area contributed by atoms with Gasteiger partial charge in [0.05, 0.1) is 17.0 Å². The second kappa shape index (κ2) is 6.35. The smallest absolute Gasteiger partial charge is 0.297 e. The zero-order valence-electron chi connectivity index (χ0n) is 16.1. The van der Waals surface area contributed by atoms with E-state index < -0.39 is 6.04 Å². The Labute approximate surface area is 170 Å². The number of carbonyl (C=O) groups is 1. The molecular formula is C22H17N3O3S. The lowest BCUT2D eigenvalue weighted by Gasteiger charge is -2.22. The molecule has 0 saturated carbocycles. The summed E-state index contributed by atoms with van der Waals surface area (Å²) in [4.78, 5) is 28.4. The topological polar surface area (TPSA) is 76.3 Å². The molecule has 1 amide bonds. The summed E-state index contributed by atoms with van der Waals surface area (Å²) in [5.41, 5.74) is 6.08. The van der Waals surface area contributed by atoms with Crippen LogP contribution >= 0.6 is 11.3 Å². The molecule has 0 aliphatic carbocycles. The van der Waals surface area contributed by atoms with Crippen molar-refractivity contribution in [3.63, 3.8) is 0 Å². The maximum atomic E-state index is 13.5. The Balaban J connectivity index is 1.84. The fourth-order valence-electron chi connectivity index (χ4n) is 3.76. The molecule has 0 saturated heterocycles.